The van der Waals surface area contributed by atoms with Crippen molar-refractivity contribution in [3.05, 3.63) is 66.0 Å². The van der Waals surface area contributed by atoms with Gasteiger partial charge in [-0.15, -0.1) is 11.3 Å². The van der Waals surface area contributed by atoms with Crippen molar-refractivity contribution < 1.29 is 26.7 Å². The SMILES string of the molecule is Cn1nc2c(c1CC(=O)N=c1scc(-c3ccc(F)c(C(F)(F)F)c3F)n1C)c(=O)n(C)c(=O)n2C. The molecule has 3 heterocycles. The summed E-state index contributed by atoms with van der Waals surface area (Å²) >= 11 is 0.856. The highest BCUT2D eigenvalue weighted by Crippen LogP contribution is 2.37. The van der Waals surface area contributed by atoms with E-state index in [0.717, 1.165) is 22.0 Å². The lowest BCUT2D eigenvalue weighted by molar-refractivity contribution is -0.142. The summed E-state index contributed by atoms with van der Waals surface area (Å²) in [6, 6.07) is 1.39. The summed E-state index contributed by atoms with van der Waals surface area (Å²) in [5.41, 5.74) is -3.52. The lowest BCUT2D eigenvalue weighted by atomic mass is 10.1. The fourth-order valence-electron chi connectivity index (χ4n) is 3.78. The van der Waals surface area contributed by atoms with Crippen molar-refractivity contribution in [3.63, 3.8) is 0 Å². The van der Waals surface area contributed by atoms with Gasteiger partial charge in [0, 0.05) is 39.1 Å². The molecule has 0 N–H and O–H groups in total. The number of nitrogens with zero attached hydrogens (tertiary/aromatic N) is 6. The zero-order valence-corrected chi connectivity index (χ0v) is 20.0. The molecule has 0 bridgehead atoms. The summed E-state index contributed by atoms with van der Waals surface area (Å²) in [6.07, 6.45) is -5.62. The Morgan fingerprint density at radius 3 is 2.36 bits per heavy atom. The smallest absolute Gasteiger partial charge is 0.319 e. The van der Waals surface area contributed by atoms with Crippen LogP contribution in [0.4, 0.5) is 22.0 Å². The van der Waals surface area contributed by atoms with Crippen LogP contribution in [-0.2, 0) is 45.6 Å². The molecule has 4 aromatic rings. The van der Waals surface area contributed by atoms with E-state index in [2.05, 4.69) is 10.1 Å². The molecule has 0 radical (unpaired) electrons. The molecule has 0 fully saturated rings. The second kappa shape index (κ2) is 8.65. The molecular formula is C21H17F5N6O3S. The highest BCUT2D eigenvalue weighted by molar-refractivity contribution is 7.07. The summed E-state index contributed by atoms with van der Waals surface area (Å²) in [4.78, 5) is 41.5. The van der Waals surface area contributed by atoms with Gasteiger partial charge in [0.15, 0.2) is 10.4 Å². The first-order chi connectivity index (χ1) is 16.7. The number of fused-ring (bicyclic) bond motifs is 1. The van der Waals surface area contributed by atoms with Crippen molar-refractivity contribution in [2.45, 2.75) is 12.6 Å². The van der Waals surface area contributed by atoms with Crippen molar-refractivity contribution in [1.82, 2.24) is 23.5 Å². The van der Waals surface area contributed by atoms with Crippen LogP contribution in [0, 0.1) is 11.6 Å². The number of thiazole rings is 1. The number of rotatable bonds is 3. The number of alkyl halides is 3. The molecule has 15 heteroatoms. The van der Waals surface area contributed by atoms with Gasteiger partial charge in [-0.25, -0.2) is 13.6 Å². The maximum Gasteiger partial charge on any atom is 0.422 e. The number of amides is 1. The largest absolute Gasteiger partial charge is 0.422 e. The van der Waals surface area contributed by atoms with Crippen LogP contribution in [0.25, 0.3) is 22.3 Å². The van der Waals surface area contributed by atoms with E-state index in [1.807, 2.05) is 0 Å². The number of halogens is 5. The molecule has 36 heavy (non-hydrogen) atoms. The van der Waals surface area contributed by atoms with Crippen LogP contribution in [0.2, 0.25) is 0 Å². The van der Waals surface area contributed by atoms with Crippen LogP contribution in [-0.4, -0.2) is 29.4 Å². The van der Waals surface area contributed by atoms with Gasteiger partial charge in [0.25, 0.3) is 11.5 Å². The maximum absolute atomic E-state index is 14.6. The minimum absolute atomic E-state index is 0.0269. The van der Waals surface area contributed by atoms with Gasteiger partial charge in [0.05, 0.1) is 17.8 Å². The van der Waals surface area contributed by atoms with E-state index in [4.69, 9.17) is 0 Å². The number of carbonyl (C=O) groups excluding carboxylic acids is 1. The van der Waals surface area contributed by atoms with Gasteiger partial charge in [-0.1, -0.05) is 0 Å². The number of benzene rings is 1. The normalized spacial score (nSPS) is 12.6. The Balaban J connectivity index is 1.76. The number of carbonyl (C=O) groups is 1. The summed E-state index contributed by atoms with van der Waals surface area (Å²) < 4.78 is 72.1. The Kier molecular flexibility index (Phi) is 6.06. The maximum atomic E-state index is 14.6. The highest BCUT2D eigenvalue weighted by Gasteiger charge is 2.39. The Bertz CT molecular complexity index is 1740. The second-order valence-electron chi connectivity index (χ2n) is 7.90. The van der Waals surface area contributed by atoms with E-state index in [9.17, 15) is 36.3 Å². The number of aryl methyl sites for hydroxylation is 2. The third kappa shape index (κ3) is 3.98. The van der Waals surface area contributed by atoms with E-state index < -0.39 is 46.1 Å². The van der Waals surface area contributed by atoms with Gasteiger partial charge >= 0.3 is 11.9 Å². The van der Waals surface area contributed by atoms with Gasteiger partial charge in [0.2, 0.25) is 0 Å². The Morgan fingerprint density at radius 1 is 1.06 bits per heavy atom. The monoisotopic (exact) mass is 528 g/mol. The molecular weight excluding hydrogens is 511 g/mol. The van der Waals surface area contributed by atoms with Gasteiger partial charge in [0.1, 0.15) is 22.6 Å². The molecule has 0 aliphatic rings. The molecule has 0 saturated carbocycles. The summed E-state index contributed by atoms with van der Waals surface area (Å²) in [6.45, 7) is 0. The average Bonchev–Trinajstić information content (AvgIpc) is 3.30. The van der Waals surface area contributed by atoms with Gasteiger partial charge < -0.3 is 4.57 Å². The lowest BCUT2D eigenvalue weighted by Crippen LogP contribution is -2.37. The van der Waals surface area contributed by atoms with Crippen LogP contribution >= 0.6 is 11.3 Å². The predicted octanol–water partition coefficient (Wildman–Crippen LogP) is 2.00. The van der Waals surface area contributed by atoms with E-state index in [0.29, 0.717) is 6.07 Å². The topological polar surface area (TPSA) is 96.2 Å². The first kappa shape index (κ1) is 25.2. The zero-order valence-electron chi connectivity index (χ0n) is 19.1. The summed E-state index contributed by atoms with van der Waals surface area (Å²) in [5, 5.41) is 5.50. The fraction of sp³-hybridized carbons (Fsp3) is 0.286. The third-order valence-corrected chi connectivity index (χ3v) is 6.59. The van der Waals surface area contributed by atoms with Gasteiger partial charge in [-0.3, -0.25) is 23.4 Å². The molecule has 0 saturated heterocycles. The van der Waals surface area contributed by atoms with Crippen LogP contribution in [0.3, 0.4) is 0 Å². The van der Waals surface area contributed by atoms with Crippen molar-refractivity contribution in [2.75, 3.05) is 0 Å². The molecule has 0 atom stereocenters. The van der Waals surface area contributed by atoms with E-state index >= 15 is 0 Å². The molecule has 3 aromatic heterocycles. The minimum atomic E-state index is -5.24. The van der Waals surface area contributed by atoms with Gasteiger partial charge in [-0.05, 0) is 12.1 Å². The van der Waals surface area contributed by atoms with Crippen molar-refractivity contribution in [3.8, 4) is 11.3 Å². The standard InChI is InChI=1S/C21H17F5N6O3S/c1-29-12(9-5-6-10(22)15(16(9)23)21(24,25)26)8-36-19(29)27-13(33)7-11-14-17(28-32(11)4)30(2)20(35)31(3)18(14)34/h5-6,8H,7H2,1-4H3. The van der Waals surface area contributed by atoms with Crippen molar-refractivity contribution >= 4 is 28.3 Å². The van der Waals surface area contributed by atoms with Crippen molar-refractivity contribution in [2.24, 2.45) is 33.2 Å². The van der Waals surface area contributed by atoms with Crippen LogP contribution < -0.4 is 16.1 Å². The number of hydrogen-bond acceptors (Lipinski definition) is 5. The molecule has 0 spiro atoms. The molecule has 4 rings (SSSR count). The first-order valence-corrected chi connectivity index (χ1v) is 11.0. The molecule has 0 unspecified atom stereocenters. The fourth-order valence-corrected chi connectivity index (χ4v) is 4.70. The Morgan fingerprint density at radius 2 is 1.72 bits per heavy atom. The molecule has 0 aliphatic carbocycles. The van der Waals surface area contributed by atoms with E-state index in [1.165, 1.54) is 47.4 Å². The first-order valence-electron chi connectivity index (χ1n) is 10.1. The third-order valence-electron chi connectivity index (χ3n) is 5.67. The highest BCUT2D eigenvalue weighted by atomic mass is 32.1. The quantitative estimate of drug-likeness (QED) is 0.380. The summed E-state index contributed by atoms with van der Waals surface area (Å²) in [5.74, 6) is -4.25. The lowest BCUT2D eigenvalue weighted by Gasteiger charge is -2.12. The molecule has 0 aliphatic heterocycles. The second-order valence-corrected chi connectivity index (χ2v) is 8.74. The number of aromatic nitrogens is 5. The van der Waals surface area contributed by atoms with Crippen molar-refractivity contribution in [1.29, 1.82) is 0 Å². The summed E-state index contributed by atoms with van der Waals surface area (Å²) in [7, 11) is 5.57. The van der Waals surface area contributed by atoms with Gasteiger partial charge in [-0.2, -0.15) is 23.3 Å². The Hall–Kier alpha value is -3.88. The molecule has 1 amide bonds. The van der Waals surface area contributed by atoms with Crippen LogP contribution in [0.1, 0.15) is 11.3 Å². The molecule has 1 aromatic carbocycles. The molecule has 190 valence electrons. The zero-order chi connectivity index (χ0) is 26.7. The predicted molar refractivity (Wildman–Crippen MR) is 119 cm³/mol. The average molecular weight is 528 g/mol. The van der Waals surface area contributed by atoms with Crippen LogP contribution in [0.5, 0.6) is 0 Å². The van der Waals surface area contributed by atoms with E-state index in [1.54, 1.807) is 0 Å². The number of hydrogen-bond donors (Lipinski definition) is 0. The molecule has 9 nitrogen and oxygen atoms in total. The minimum Gasteiger partial charge on any atom is -0.319 e. The van der Waals surface area contributed by atoms with Crippen LogP contribution in [0.15, 0.2) is 32.1 Å². The van der Waals surface area contributed by atoms with E-state index in [-0.39, 0.29) is 33.6 Å². The Labute approximate surface area is 202 Å².